The maximum Gasteiger partial charge on any atom is 0.242 e. The first kappa shape index (κ1) is 13.3. The molecule has 2 rings (SSSR count). The van der Waals surface area contributed by atoms with Gasteiger partial charge in [0.05, 0.1) is 6.04 Å². The van der Waals surface area contributed by atoms with E-state index in [1.54, 1.807) is 6.07 Å². The first-order valence-corrected chi connectivity index (χ1v) is 6.43. The van der Waals surface area contributed by atoms with Crippen LogP contribution in [0.3, 0.4) is 0 Å². The van der Waals surface area contributed by atoms with E-state index in [-0.39, 0.29) is 11.9 Å². The first-order valence-electron chi connectivity index (χ1n) is 6.05. The number of benzene rings is 1. The number of hydrogen-bond donors (Lipinski definition) is 2. The molecule has 5 heteroatoms. The average molecular weight is 268 g/mol. The lowest BCUT2D eigenvalue weighted by Gasteiger charge is -2.30. The van der Waals surface area contributed by atoms with Crippen LogP contribution in [0.25, 0.3) is 0 Å². The summed E-state index contributed by atoms with van der Waals surface area (Å²) in [6.45, 7) is 4.49. The highest BCUT2D eigenvalue weighted by molar-refractivity contribution is 6.31. The van der Waals surface area contributed by atoms with Crippen molar-refractivity contribution in [2.24, 2.45) is 0 Å². The number of likely N-dealkylation sites (N-methyl/N-ethyl adjacent to an activating group) is 1. The smallest absolute Gasteiger partial charge is 0.242 e. The van der Waals surface area contributed by atoms with Crippen LogP contribution in [0.5, 0.6) is 0 Å². The van der Waals surface area contributed by atoms with Gasteiger partial charge in [0.25, 0.3) is 0 Å². The fraction of sp³-hybridized carbons (Fsp3) is 0.462. The second-order valence-corrected chi connectivity index (χ2v) is 5.15. The lowest BCUT2D eigenvalue weighted by Crippen LogP contribution is -2.54. The molecule has 1 heterocycles. The molecule has 0 aliphatic carbocycles. The minimum atomic E-state index is -0.165. The van der Waals surface area contributed by atoms with Crippen molar-refractivity contribution in [2.45, 2.75) is 13.0 Å². The molecule has 1 atom stereocenters. The van der Waals surface area contributed by atoms with Crippen LogP contribution in [-0.2, 0) is 4.79 Å². The maximum atomic E-state index is 12.1. The number of halogens is 1. The normalized spacial score (nSPS) is 20.7. The minimum absolute atomic E-state index is 0.00748. The van der Waals surface area contributed by atoms with E-state index in [1.165, 1.54) is 0 Å². The lowest BCUT2D eigenvalue weighted by atomic mass is 10.1. The quantitative estimate of drug-likeness (QED) is 0.853. The number of hydrogen-bond acceptors (Lipinski definition) is 3. The zero-order valence-electron chi connectivity index (χ0n) is 10.7. The third kappa shape index (κ3) is 3.22. The summed E-state index contributed by atoms with van der Waals surface area (Å²) in [7, 11) is 2.02. The summed E-state index contributed by atoms with van der Waals surface area (Å²) in [5.41, 5.74) is 1.79. The second-order valence-electron chi connectivity index (χ2n) is 4.72. The van der Waals surface area contributed by atoms with E-state index in [9.17, 15) is 4.79 Å². The van der Waals surface area contributed by atoms with Gasteiger partial charge in [-0.05, 0) is 31.7 Å². The van der Waals surface area contributed by atoms with Gasteiger partial charge < -0.3 is 15.5 Å². The van der Waals surface area contributed by atoms with Gasteiger partial charge in [-0.25, -0.2) is 0 Å². The molecule has 1 aliphatic heterocycles. The summed E-state index contributed by atoms with van der Waals surface area (Å²) < 4.78 is 0. The molecule has 1 fully saturated rings. The summed E-state index contributed by atoms with van der Waals surface area (Å²) in [5.74, 6) is -0.00748. The van der Waals surface area contributed by atoms with Crippen LogP contribution >= 0.6 is 11.6 Å². The highest BCUT2D eigenvalue weighted by Gasteiger charge is 2.23. The predicted molar refractivity (Wildman–Crippen MR) is 74.1 cm³/mol. The van der Waals surface area contributed by atoms with Crippen molar-refractivity contribution in [3.8, 4) is 0 Å². The number of anilines is 1. The third-order valence-electron chi connectivity index (χ3n) is 3.15. The molecule has 0 spiro atoms. The number of amides is 1. The summed E-state index contributed by atoms with van der Waals surface area (Å²) in [6.07, 6.45) is 0. The van der Waals surface area contributed by atoms with Gasteiger partial charge in [0.2, 0.25) is 5.91 Å². The van der Waals surface area contributed by atoms with Gasteiger partial charge in [-0.1, -0.05) is 17.7 Å². The number of rotatable bonds is 2. The van der Waals surface area contributed by atoms with Gasteiger partial charge in [0.15, 0.2) is 0 Å². The molecule has 4 nitrogen and oxygen atoms in total. The van der Waals surface area contributed by atoms with Crippen LogP contribution in [-0.4, -0.2) is 43.5 Å². The van der Waals surface area contributed by atoms with E-state index in [0.717, 1.165) is 30.9 Å². The molecule has 1 aliphatic rings. The summed E-state index contributed by atoms with van der Waals surface area (Å²) >= 11 is 5.93. The number of nitrogens with zero attached hydrogens (tertiary/aromatic N) is 1. The molecule has 0 aromatic heterocycles. The van der Waals surface area contributed by atoms with Crippen LogP contribution in [0.2, 0.25) is 5.02 Å². The van der Waals surface area contributed by atoms with Crippen LogP contribution in [0.15, 0.2) is 18.2 Å². The number of nitrogens with one attached hydrogen (secondary N) is 2. The first-order chi connectivity index (χ1) is 8.56. The van der Waals surface area contributed by atoms with Crippen molar-refractivity contribution in [3.05, 3.63) is 28.8 Å². The topological polar surface area (TPSA) is 44.4 Å². The van der Waals surface area contributed by atoms with Crippen molar-refractivity contribution in [1.29, 1.82) is 0 Å². The Hall–Kier alpha value is -1.10. The van der Waals surface area contributed by atoms with Crippen LogP contribution in [0.1, 0.15) is 5.56 Å². The molecule has 1 aromatic rings. The Morgan fingerprint density at radius 2 is 2.33 bits per heavy atom. The zero-order chi connectivity index (χ0) is 13.1. The SMILES string of the molecule is Cc1ccc(Cl)cc1NC(=O)C1CN(C)CCN1. The number of piperazine rings is 1. The molecule has 0 saturated carbocycles. The Morgan fingerprint density at radius 3 is 3.06 bits per heavy atom. The van der Waals surface area contributed by atoms with Crippen LogP contribution < -0.4 is 10.6 Å². The highest BCUT2D eigenvalue weighted by atomic mass is 35.5. The van der Waals surface area contributed by atoms with Crippen LogP contribution in [0, 0.1) is 6.92 Å². The van der Waals surface area contributed by atoms with Gasteiger partial charge in [0.1, 0.15) is 0 Å². The molecular weight excluding hydrogens is 250 g/mol. The molecule has 18 heavy (non-hydrogen) atoms. The van der Waals surface area contributed by atoms with E-state index in [0.29, 0.717) is 5.02 Å². The molecule has 1 saturated heterocycles. The number of carbonyl (C=O) groups excluding carboxylic acids is 1. The fourth-order valence-electron chi connectivity index (χ4n) is 2.02. The van der Waals surface area contributed by atoms with Crippen molar-refractivity contribution in [2.75, 3.05) is 32.0 Å². The van der Waals surface area contributed by atoms with Crippen molar-refractivity contribution in [1.82, 2.24) is 10.2 Å². The van der Waals surface area contributed by atoms with Crippen molar-refractivity contribution >= 4 is 23.2 Å². The van der Waals surface area contributed by atoms with Crippen molar-refractivity contribution < 1.29 is 4.79 Å². The summed E-state index contributed by atoms with van der Waals surface area (Å²) in [5, 5.41) is 6.77. The lowest BCUT2D eigenvalue weighted by molar-refractivity contribution is -0.119. The van der Waals surface area contributed by atoms with Gasteiger partial charge in [-0.15, -0.1) is 0 Å². The van der Waals surface area contributed by atoms with E-state index in [1.807, 2.05) is 26.1 Å². The Kier molecular flexibility index (Phi) is 4.22. The summed E-state index contributed by atoms with van der Waals surface area (Å²) in [6, 6.07) is 5.33. The van der Waals surface area contributed by atoms with Gasteiger partial charge in [0, 0.05) is 30.3 Å². The van der Waals surface area contributed by atoms with Gasteiger partial charge >= 0.3 is 0 Å². The third-order valence-corrected chi connectivity index (χ3v) is 3.39. The molecule has 98 valence electrons. The molecule has 1 aromatic carbocycles. The highest BCUT2D eigenvalue weighted by Crippen LogP contribution is 2.20. The number of carbonyl (C=O) groups is 1. The minimum Gasteiger partial charge on any atom is -0.324 e. The Balaban J connectivity index is 2.04. The van der Waals surface area contributed by atoms with E-state index in [2.05, 4.69) is 15.5 Å². The standard InChI is InChI=1S/C13H18ClN3O/c1-9-3-4-10(14)7-11(9)16-13(18)12-8-17(2)6-5-15-12/h3-4,7,12,15H,5-6,8H2,1-2H3,(H,16,18). The van der Waals surface area contributed by atoms with Crippen molar-refractivity contribution in [3.63, 3.8) is 0 Å². The molecule has 0 radical (unpaired) electrons. The number of aryl methyl sites for hydroxylation is 1. The van der Waals surface area contributed by atoms with Crippen LogP contribution in [0.4, 0.5) is 5.69 Å². The Bertz CT molecular complexity index is 450. The van der Waals surface area contributed by atoms with E-state index in [4.69, 9.17) is 11.6 Å². The second kappa shape index (κ2) is 5.69. The Morgan fingerprint density at radius 1 is 1.56 bits per heavy atom. The molecular formula is C13H18ClN3O. The Labute approximate surface area is 112 Å². The fourth-order valence-corrected chi connectivity index (χ4v) is 2.19. The van der Waals surface area contributed by atoms with E-state index < -0.39 is 0 Å². The monoisotopic (exact) mass is 267 g/mol. The predicted octanol–water partition coefficient (Wildman–Crippen LogP) is 1.49. The zero-order valence-corrected chi connectivity index (χ0v) is 11.4. The van der Waals surface area contributed by atoms with E-state index >= 15 is 0 Å². The largest absolute Gasteiger partial charge is 0.324 e. The van der Waals surface area contributed by atoms with Gasteiger partial charge in [-0.2, -0.15) is 0 Å². The molecule has 2 N–H and O–H groups in total. The molecule has 0 bridgehead atoms. The maximum absolute atomic E-state index is 12.1. The van der Waals surface area contributed by atoms with Gasteiger partial charge in [-0.3, -0.25) is 4.79 Å². The molecule has 1 unspecified atom stereocenters. The summed E-state index contributed by atoms with van der Waals surface area (Å²) in [4.78, 5) is 14.3. The molecule has 1 amide bonds. The average Bonchev–Trinajstić information content (AvgIpc) is 2.34.